The van der Waals surface area contributed by atoms with E-state index in [1.54, 1.807) is 24.3 Å². The van der Waals surface area contributed by atoms with Crippen molar-refractivity contribution in [1.29, 1.82) is 0 Å². The minimum absolute atomic E-state index is 0.00473. The van der Waals surface area contributed by atoms with Crippen LogP contribution in [0.4, 0.5) is 16.2 Å². The van der Waals surface area contributed by atoms with E-state index in [9.17, 15) is 113 Å². The number of phenolic OH excluding ortho intramolecular Hbond substituents is 2. The number of aromatic hydroxyl groups is 2. The summed E-state index contributed by atoms with van der Waals surface area (Å²) in [7, 11) is -13.4. The third-order valence-corrected chi connectivity index (χ3v) is 24.7. The second-order valence-corrected chi connectivity index (χ2v) is 36.9. The zero-order chi connectivity index (χ0) is 94.2. The Kier molecular flexibility index (Phi) is 38.9. The maximum absolute atomic E-state index is 13.5. The van der Waals surface area contributed by atoms with Gasteiger partial charge in [-0.15, -0.1) is 0 Å². The average molecular weight is 1860 g/mol. The molecule has 5 aromatic carbocycles. The molecule has 0 saturated heterocycles. The number of hydrogen-bond donors (Lipinski definition) is 14. The molecule has 0 fully saturated rings. The Morgan fingerprint density at radius 1 is 0.581 bits per heavy atom. The number of allylic oxidation sites excluding steroid dienone is 7. The number of para-hydroxylation sites is 2. The van der Waals surface area contributed by atoms with Crippen molar-refractivity contribution in [2.45, 2.75) is 171 Å². The first kappa shape index (κ1) is 103. The Balaban J connectivity index is 0.784. The minimum atomic E-state index is -4.59. The van der Waals surface area contributed by atoms with Gasteiger partial charge in [0.25, 0.3) is 20.2 Å². The fourth-order valence-electron chi connectivity index (χ4n) is 15.7. The second kappa shape index (κ2) is 48.8. The lowest BCUT2D eigenvalue weighted by molar-refractivity contribution is -0.437. The van der Waals surface area contributed by atoms with E-state index >= 15 is 0 Å². The molecule has 0 radical (unpaired) electrons. The maximum Gasteiger partial charge on any atom is 0.326 e. The fraction of sp³-hybridized carbons (Fsp3) is 0.461. The monoisotopic (exact) mass is 1850 g/mol. The number of fused-ring (bicyclic) bond motifs is 2. The summed E-state index contributed by atoms with van der Waals surface area (Å²) in [5.41, 5.74) is 7.36. The number of carbonyl (C=O) groups is 9. The summed E-state index contributed by atoms with van der Waals surface area (Å²) in [6.45, 7) is 6.59. The number of carbonyl (C=O) groups excluding carboxylic acids is 4. The first-order valence-corrected chi connectivity index (χ1v) is 47.0. The van der Waals surface area contributed by atoms with Crippen molar-refractivity contribution in [1.82, 2.24) is 36.4 Å². The van der Waals surface area contributed by atoms with E-state index in [0.29, 0.717) is 66.5 Å². The zero-order valence-corrected chi connectivity index (χ0v) is 74.6. The minimum Gasteiger partial charge on any atom is -0.748 e. The van der Waals surface area contributed by atoms with Gasteiger partial charge in [0.2, 0.25) is 23.4 Å². The number of nitrogens with one attached hydrogen (secondary N) is 5. The average Bonchev–Trinajstić information content (AvgIpc) is 1.59. The highest BCUT2D eigenvalue weighted by atomic mass is 32.2. The van der Waals surface area contributed by atoms with Gasteiger partial charge in [-0.2, -0.15) is 21.4 Å². The van der Waals surface area contributed by atoms with Crippen LogP contribution in [0.3, 0.4) is 0 Å². The molecule has 0 bridgehead atoms. The van der Waals surface area contributed by atoms with Crippen LogP contribution in [0.25, 0.3) is 0 Å². The van der Waals surface area contributed by atoms with Gasteiger partial charge >= 0.3 is 35.9 Å². The standard InChI is InChI=1S/C89H115N9O28S3/c1-88(2)68-16-4-6-19-72(68)97(44-12-52-127(115,116)117)76(88)35-26-62-14-10-15-63(84(62)126-66-28-30-67(31-29-66)129(121,122)123)27-36-77-89(3,69-17-5-7-20-73(69)98(77)45-13-53-128(118,119)120)40-11-21-78(101)91-42-48-124-50-51-125-49-43-92-80(103)38-25-61-23-34-75(100)65(55-61)57-96(59-83(108)109)47-46-95(58-82(106)107)56-64-54-60(22-33-74(64)99)24-37-79(102)90-41-9-8-18-70(85(110)111)93-87(114)94-71(86(112)113)32-39-81(104)105/h4-7,16-17,19-20,22-23,26-31,33-36,54-55,70-71H,8-15,18,21,24-25,32,37-53,56-59H2,1-3H3,(H14-,90,91,92,93,94,99,100,101,102,103,104,105,106,107,108,109,110,111,112,113,114,115,116,117,118,119,120,121,122,123)/t70-,71-,89?/m0/s1. The highest BCUT2D eigenvalue weighted by Crippen LogP contribution is 2.51. The molecule has 14 N–H and O–H groups in total. The number of anilines is 1. The van der Waals surface area contributed by atoms with E-state index < -0.39 is 127 Å². The number of aliphatic carboxylic acids is 5. The van der Waals surface area contributed by atoms with E-state index in [1.807, 2.05) is 89.2 Å². The Morgan fingerprint density at radius 2 is 1.13 bits per heavy atom. The summed E-state index contributed by atoms with van der Waals surface area (Å²) in [5.74, 6) is -8.13. The number of urea groups is 1. The lowest BCUT2D eigenvalue weighted by Crippen LogP contribution is -2.51. The smallest absolute Gasteiger partial charge is 0.326 e. The molecule has 0 saturated carbocycles. The molecular formula is C89H115N9O28S3. The van der Waals surface area contributed by atoms with Gasteiger partial charge in [0.1, 0.15) is 41.6 Å². The molecule has 1 aliphatic carbocycles. The summed E-state index contributed by atoms with van der Waals surface area (Å²) >= 11 is 0. The number of rotatable bonds is 56. The van der Waals surface area contributed by atoms with E-state index in [4.69, 9.17) is 19.3 Å². The number of phenols is 2. The number of amides is 5. The maximum atomic E-state index is 13.5. The van der Waals surface area contributed by atoms with Crippen LogP contribution in [0, 0.1) is 0 Å². The van der Waals surface area contributed by atoms with Crippen molar-refractivity contribution >= 4 is 101 Å². The molecule has 3 atom stereocenters. The number of carboxylic acid groups (broad SMARTS) is 5. The molecule has 2 aliphatic heterocycles. The Bertz CT molecular complexity index is 5350. The molecule has 0 aromatic heterocycles. The third-order valence-electron chi connectivity index (χ3n) is 22.2. The van der Waals surface area contributed by atoms with Gasteiger partial charge in [-0.05, 0) is 180 Å². The predicted molar refractivity (Wildman–Crippen MR) is 472 cm³/mol. The first-order chi connectivity index (χ1) is 61.1. The van der Waals surface area contributed by atoms with Crippen molar-refractivity contribution in [3.05, 3.63) is 189 Å². The second-order valence-electron chi connectivity index (χ2n) is 32.4. The molecule has 702 valence electrons. The molecule has 8 rings (SSSR count). The summed E-state index contributed by atoms with van der Waals surface area (Å²) < 4.78 is 124. The van der Waals surface area contributed by atoms with Crippen LogP contribution in [0.1, 0.15) is 150 Å². The van der Waals surface area contributed by atoms with Gasteiger partial charge in [0.15, 0.2) is 5.71 Å². The van der Waals surface area contributed by atoms with Crippen molar-refractivity contribution in [2.24, 2.45) is 0 Å². The van der Waals surface area contributed by atoms with Crippen LogP contribution in [0.5, 0.6) is 17.2 Å². The molecule has 40 heteroatoms. The number of nitrogens with zero attached hydrogens (tertiary/aromatic N) is 4. The number of hydrogen-bond acceptors (Lipinski definition) is 24. The van der Waals surface area contributed by atoms with Crippen molar-refractivity contribution < 1.29 is 137 Å². The van der Waals surface area contributed by atoms with Gasteiger partial charge in [0, 0.05) is 136 Å². The van der Waals surface area contributed by atoms with Gasteiger partial charge in [-0.25, -0.2) is 22.8 Å². The molecule has 5 aromatic rings. The molecule has 129 heavy (non-hydrogen) atoms. The first-order valence-electron chi connectivity index (χ1n) is 42.4. The van der Waals surface area contributed by atoms with E-state index in [0.717, 1.165) is 45.1 Å². The van der Waals surface area contributed by atoms with Crippen molar-refractivity contribution in [2.75, 3.05) is 102 Å². The lowest BCUT2D eigenvalue weighted by atomic mass is 9.77. The SMILES string of the molecule is CC1(C)C(/C=C/C2=C(Oc3ccc(S(=O)(=O)O)cc3)C(=C/C=C3/N(CCCS(=O)(=O)[O-])c4ccccc4C3(C)CCCC(=O)NCCOCCOCCNC(=O)CCc3ccc(O)c(CN(CCN(CC(=O)O)Cc4cc(CCC(=O)NCCCC[C@H](NC(=O)N[C@@H](CCC(=O)O)C(=O)O)C(=O)O)ccc4O)CC(=O)O)c3)/CCC2)=[N+](CCCS(=O)(=O)O)c2ccccc21. The predicted octanol–water partition coefficient (Wildman–Crippen LogP) is 7.43. The summed E-state index contributed by atoms with van der Waals surface area (Å²) in [4.78, 5) is 115. The van der Waals surface area contributed by atoms with Crippen LogP contribution in [0.2, 0.25) is 0 Å². The van der Waals surface area contributed by atoms with E-state index in [-0.39, 0.29) is 183 Å². The number of ether oxygens (including phenoxy) is 3. The van der Waals surface area contributed by atoms with E-state index in [1.165, 1.54) is 46.2 Å². The Hall–Kier alpha value is -11.5. The van der Waals surface area contributed by atoms with Crippen LogP contribution in [-0.4, -0.2) is 257 Å². The number of carboxylic acids is 5. The highest BCUT2D eigenvalue weighted by Gasteiger charge is 2.45. The largest absolute Gasteiger partial charge is 0.748 e. The number of aryl methyl sites for hydroxylation is 2. The van der Waals surface area contributed by atoms with Gasteiger partial charge in [-0.3, -0.25) is 47.7 Å². The zero-order valence-electron chi connectivity index (χ0n) is 72.2. The van der Waals surface area contributed by atoms with Crippen molar-refractivity contribution in [3.63, 3.8) is 0 Å². The number of benzene rings is 5. The molecule has 37 nitrogen and oxygen atoms in total. The highest BCUT2D eigenvalue weighted by molar-refractivity contribution is 7.86. The quantitative estimate of drug-likeness (QED) is 0.0102. The third kappa shape index (κ3) is 33.2. The van der Waals surface area contributed by atoms with Gasteiger partial charge in [0.05, 0.1) is 65.7 Å². The van der Waals surface area contributed by atoms with Crippen LogP contribution < -0.4 is 36.2 Å². The lowest BCUT2D eigenvalue weighted by Gasteiger charge is -2.31. The molecule has 5 amide bonds. The molecule has 2 heterocycles. The fourth-order valence-corrected chi connectivity index (χ4v) is 17.2. The molecular weight excluding hydrogens is 1740 g/mol. The molecule has 0 spiro atoms. The molecule has 3 aliphatic rings. The van der Waals surface area contributed by atoms with Gasteiger partial charge in [-0.1, -0.05) is 66.7 Å². The van der Waals surface area contributed by atoms with Crippen LogP contribution >= 0.6 is 0 Å². The topological polar surface area (TPSA) is 562 Å². The summed E-state index contributed by atoms with van der Waals surface area (Å²) in [6, 6.07) is 26.0. The normalized spacial score (nSPS) is 16.1. The summed E-state index contributed by atoms with van der Waals surface area (Å²) in [6.07, 6.45) is 10.6. The Labute approximate surface area is 749 Å². The summed E-state index contributed by atoms with van der Waals surface area (Å²) in [5, 5.41) is 82.0. The van der Waals surface area contributed by atoms with Crippen LogP contribution in [-0.2, 0) is 115 Å². The molecule has 1 unspecified atom stereocenters. The van der Waals surface area contributed by atoms with Gasteiger partial charge < -0.3 is 86.0 Å². The number of unbranched alkanes of at least 4 members (excludes halogenated alkanes) is 1. The van der Waals surface area contributed by atoms with E-state index in [2.05, 4.69) is 40.4 Å². The Morgan fingerprint density at radius 3 is 1.68 bits per heavy atom. The van der Waals surface area contributed by atoms with Crippen molar-refractivity contribution in [3.8, 4) is 17.2 Å². The van der Waals surface area contributed by atoms with Crippen LogP contribution in [0.15, 0.2) is 161 Å².